The first-order chi connectivity index (χ1) is 8.58. The Morgan fingerprint density at radius 2 is 1.72 bits per heavy atom. The second kappa shape index (κ2) is 5.46. The summed E-state index contributed by atoms with van der Waals surface area (Å²) >= 11 is 5.88. The van der Waals surface area contributed by atoms with Crippen LogP contribution in [0.15, 0.2) is 42.5 Å². The predicted octanol–water partition coefficient (Wildman–Crippen LogP) is 3.89. The third kappa shape index (κ3) is 2.86. The van der Waals surface area contributed by atoms with Gasteiger partial charge in [0.2, 0.25) is 0 Å². The third-order valence-electron chi connectivity index (χ3n) is 2.71. The molecule has 2 aromatic carbocycles. The smallest absolute Gasteiger partial charge is 0.127 e. The molecular formula is C14H11ClF2O. The quantitative estimate of drug-likeness (QED) is 0.895. The SMILES string of the molecule is OC(Cc1c(F)cccc1Cl)c1ccc(F)cc1. The summed E-state index contributed by atoms with van der Waals surface area (Å²) in [5.41, 5.74) is 0.784. The lowest BCUT2D eigenvalue weighted by molar-refractivity contribution is 0.177. The van der Waals surface area contributed by atoms with Crippen molar-refractivity contribution in [1.29, 1.82) is 0 Å². The van der Waals surface area contributed by atoms with Crippen molar-refractivity contribution in [1.82, 2.24) is 0 Å². The average molecular weight is 269 g/mol. The summed E-state index contributed by atoms with van der Waals surface area (Å²) in [6.45, 7) is 0. The first kappa shape index (κ1) is 13.0. The van der Waals surface area contributed by atoms with Crippen LogP contribution in [-0.2, 0) is 6.42 Å². The summed E-state index contributed by atoms with van der Waals surface area (Å²) < 4.78 is 26.3. The summed E-state index contributed by atoms with van der Waals surface area (Å²) in [7, 11) is 0. The van der Waals surface area contributed by atoms with Crippen LogP contribution in [0.2, 0.25) is 5.02 Å². The largest absolute Gasteiger partial charge is 0.388 e. The molecule has 0 heterocycles. The van der Waals surface area contributed by atoms with Crippen molar-refractivity contribution in [3.8, 4) is 0 Å². The number of aliphatic hydroxyl groups is 1. The Bertz CT molecular complexity index is 520. The van der Waals surface area contributed by atoms with Crippen molar-refractivity contribution in [3.63, 3.8) is 0 Å². The molecule has 0 saturated heterocycles. The van der Waals surface area contributed by atoms with E-state index in [4.69, 9.17) is 11.6 Å². The molecule has 18 heavy (non-hydrogen) atoms. The topological polar surface area (TPSA) is 20.2 Å². The Labute approximate surface area is 109 Å². The highest BCUT2D eigenvalue weighted by Crippen LogP contribution is 2.25. The minimum absolute atomic E-state index is 0.0527. The molecular weight excluding hydrogens is 258 g/mol. The van der Waals surface area contributed by atoms with Gasteiger partial charge in [0.1, 0.15) is 11.6 Å². The van der Waals surface area contributed by atoms with Crippen LogP contribution in [0.5, 0.6) is 0 Å². The Morgan fingerprint density at radius 3 is 2.33 bits per heavy atom. The van der Waals surface area contributed by atoms with E-state index in [-0.39, 0.29) is 22.8 Å². The second-order valence-corrected chi connectivity index (χ2v) is 4.38. The van der Waals surface area contributed by atoms with Gasteiger partial charge in [-0.25, -0.2) is 8.78 Å². The molecule has 0 fully saturated rings. The highest BCUT2D eigenvalue weighted by Gasteiger charge is 2.14. The van der Waals surface area contributed by atoms with Gasteiger partial charge < -0.3 is 5.11 Å². The molecule has 0 amide bonds. The van der Waals surface area contributed by atoms with Crippen LogP contribution in [0.3, 0.4) is 0 Å². The summed E-state index contributed by atoms with van der Waals surface area (Å²) in [5, 5.41) is 10.2. The summed E-state index contributed by atoms with van der Waals surface area (Å²) in [6.07, 6.45) is -0.864. The number of hydrogen-bond donors (Lipinski definition) is 1. The van der Waals surface area contributed by atoms with E-state index in [2.05, 4.69) is 0 Å². The van der Waals surface area contributed by atoms with Gasteiger partial charge in [0.25, 0.3) is 0 Å². The van der Waals surface area contributed by atoms with Gasteiger partial charge >= 0.3 is 0 Å². The molecule has 0 saturated carbocycles. The average Bonchev–Trinajstić information content (AvgIpc) is 2.34. The van der Waals surface area contributed by atoms with Crippen molar-refractivity contribution in [2.75, 3.05) is 0 Å². The zero-order chi connectivity index (χ0) is 13.1. The van der Waals surface area contributed by atoms with Gasteiger partial charge in [0, 0.05) is 17.0 Å². The summed E-state index contributed by atoms with van der Waals surface area (Å²) in [5.74, 6) is -0.835. The normalized spacial score (nSPS) is 12.4. The van der Waals surface area contributed by atoms with Crippen LogP contribution in [0.1, 0.15) is 17.2 Å². The van der Waals surface area contributed by atoms with Gasteiger partial charge in [0.15, 0.2) is 0 Å². The Hall–Kier alpha value is -1.45. The third-order valence-corrected chi connectivity index (χ3v) is 3.07. The molecule has 0 aliphatic carbocycles. The maximum atomic E-state index is 13.5. The van der Waals surface area contributed by atoms with E-state index in [1.807, 2.05) is 0 Å². The lowest BCUT2D eigenvalue weighted by atomic mass is 10.0. The zero-order valence-electron chi connectivity index (χ0n) is 9.41. The molecule has 1 atom stereocenters. The van der Waals surface area contributed by atoms with E-state index in [9.17, 15) is 13.9 Å². The molecule has 2 aromatic rings. The minimum atomic E-state index is -0.917. The van der Waals surface area contributed by atoms with Gasteiger partial charge in [-0.05, 0) is 29.8 Å². The fourth-order valence-electron chi connectivity index (χ4n) is 1.72. The second-order valence-electron chi connectivity index (χ2n) is 3.97. The molecule has 2 rings (SSSR count). The van der Waals surface area contributed by atoms with Crippen LogP contribution >= 0.6 is 11.6 Å². The monoisotopic (exact) mass is 268 g/mol. The molecule has 0 aromatic heterocycles. The van der Waals surface area contributed by atoms with Gasteiger partial charge in [-0.3, -0.25) is 0 Å². The molecule has 0 aliphatic rings. The molecule has 1 unspecified atom stereocenters. The van der Waals surface area contributed by atoms with E-state index in [1.54, 1.807) is 6.07 Å². The van der Waals surface area contributed by atoms with Crippen LogP contribution < -0.4 is 0 Å². The van der Waals surface area contributed by atoms with Crippen molar-refractivity contribution < 1.29 is 13.9 Å². The fourth-order valence-corrected chi connectivity index (χ4v) is 1.96. The molecule has 1 nitrogen and oxygen atoms in total. The highest BCUT2D eigenvalue weighted by molar-refractivity contribution is 6.31. The fraction of sp³-hybridized carbons (Fsp3) is 0.143. The van der Waals surface area contributed by atoms with Crippen molar-refractivity contribution in [3.05, 3.63) is 70.2 Å². The number of hydrogen-bond acceptors (Lipinski definition) is 1. The number of aliphatic hydroxyl groups excluding tert-OH is 1. The number of halogens is 3. The summed E-state index contributed by atoms with van der Waals surface area (Å²) in [6, 6.07) is 9.80. The van der Waals surface area contributed by atoms with E-state index in [1.165, 1.54) is 36.4 Å². The highest BCUT2D eigenvalue weighted by atomic mass is 35.5. The molecule has 94 valence electrons. The van der Waals surface area contributed by atoms with Crippen LogP contribution in [0.25, 0.3) is 0 Å². The number of rotatable bonds is 3. The first-order valence-electron chi connectivity index (χ1n) is 5.44. The molecule has 0 aliphatic heterocycles. The van der Waals surface area contributed by atoms with Crippen molar-refractivity contribution in [2.24, 2.45) is 0 Å². The van der Waals surface area contributed by atoms with Gasteiger partial charge in [0.05, 0.1) is 6.10 Å². The molecule has 0 bridgehead atoms. The lowest BCUT2D eigenvalue weighted by Gasteiger charge is -2.12. The number of benzene rings is 2. The van der Waals surface area contributed by atoms with Gasteiger partial charge in [-0.1, -0.05) is 29.8 Å². The first-order valence-corrected chi connectivity index (χ1v) is 5.82. The van der Waals surface area contributed by atoms with Crippen LogP contribution in [-0.4, -0.2) is 5.11 Å². The van der Waals surface area contributed by atoms with E-state index < -0.39 is 11.9 Å². The molecule has 4 heteroatoms. The van der Waals surface area contributed by atoms with E-state index in [0.717, 1.165) is 0 Å². The van der Waals surface area contributed by atoms with E-state index >= 15 is 0 Å². The Kier molecular flexibility index (Phi) is 3.94. The van der Waals surface area contributed by atoms with Crippen LogP contribution in [0, 0.1) is 11.6 Å². The predicted molar refractivity (Wildman–Crippen MR) is 66.5 cm³/mol. The van der Waals surface area contributed by atoms with Crippen molar-refractivity contribution in [2.45, 2.75) is 12.5 Å². The van der Waals surface area contributed by atoms with Gasteiger partial charge in [-0.2, -0.15) is 0 Å². The standard InChI is InChI=1S/C14H11ClF2O/c15-12-2-1-3-13(17)11(12)8-14(18)9-4-6-10(16)7-5-9/h1-7,14,18H,8H2. The van der Waals surface area contributed by atoms with Crippen molar-refractivity contribution >= 4 is 11.6 Å². The zero-order valence-corrected chi connectivity index (χ0v) is 10.2. The minimum Gasteiger partial charge on any atom is -0.388 e. The summed E-state index contributed by atoms with van der Waals surface area (Å²) in [4.78, 5) is 0. The maximum absolute atomic E-state index is 13.5. The Balaban J connectivity index is 2.21. The van der Waals surface area contributed by atoms with Crippen LogP contribution in [0.4, 0.5) is 8.78 Å². The Morgan fingerprint density at radius 1 is 1.06 bits per heavy atom. The van der Waals surface area contributed by atoms with Gasteiger partial charge in [-0.15, -0.1) is 0 Å². The maximum Gasteiger partial charge on any atom is 0.127 e. The molecule has 1 N–H and O–H groups in total. The van der Waals surface area contributed by atoms with E-state index in [0.29, 0.717) is 5.56 Å². The lowest BCUT2D eigenvalue weighted by Crippen LogP contribution is -2.04. The molecule has 0 radical (unpaired) electrons. The molecule has 0 spiro atoms.